The molecule has 0 aliphatic carbocycles. The molecular weight excluding hydrogens is 357 g/mol. The molecule has 21 heavy (non-hydrogen) atoms. The van der Waals surface area contributed by atoms with Crippen LogP contribution in [0.25, 0.3) is 0 Å². The molecule has 0 saturated carbocycles. The average molecular weight is 369 g/mol. The van der Waals surface area contributed by atoms with Gasteiger partial charge in [0.1, 0.15) is 0 Å². The minimum Gasteiger partial charge on any atom is -0.362 e. The molecule has 1 aromatic heterocycles. The lowest BCUT2D eigenvalue weighted by atomic mass is 10.1. The molecule has 1 amide bonds. The predicted molar refractivity (Wildman–Crippen MR) is 70.2 cm³/mol. The van der Waals surface area contributed by atoms with Crippen LogP contribution in [0.1, 0.15) is 18.5 Å². The molecule has 10 heteroatoms. The Morgan fingerprint density at radius 3 is 2.76 bits per heavy atom. The van der Waals surface area contributed by atoms with Crippen molar-refractivity contribution in [2.24, 2.45) is 5.10 Å². The zero-order valence-corrected chi connectivity index (χ0v) is 12.5. The molecule has 6 nitrogen and oxygen atoms in total. The molecule has 116 valence electrons. The van der Waals surface area contributed by atoms with Crippen molar-refractivity contribution < 1.29 is 23.1 Å². The Hall–Kier alpha value is -1.42. The van der Waals surface area contributed by atoms with Gasteiger partial charge in [0.2, 0.25) is 5.91 Å². The van der Waals surface area contributed by atoms with Gasteiger partial charge in [-0.1, -0.05) is 0 Å². The highest BCUT2D eigenvalue weighted by Gasteiger charge is 2.61. The number of rotatable bonds is 3. The lowest BCUT2D eigenvalue weighted by Crippen LogP contribution is -2.56. The van der Waals surface area contributed by atoms with Gasteiger partial charge in [-0.3, -0.25) is 9.48 Å². The summed E-state index contributed by atoms with van der Waals surface area (Å²) in [5.41, 5.74) is -2.56. The number of aryl methyl sites for hydroxylation is 2. The Morgan fingerprint density at radius 2 is 2.24 bits per heavy atom. The fourth-order valence-electron chi connectivity index (χ4n) is 1.86. The van der Waals surface area contributed by atoms with E-state index in [1.54, 1.807) is 13.1 Å². The average Bonchev–Trinajstić information content (AvgIpc) is 2.91. The van der Waals surface area contributed by atoms with Crippen molar-refractivity contribution in [3.63, 3.8) is 0 Å². The molecular formula is C11H12BrF3N4O2. The Bertz CT molecular complexity index is 567. The molecule has 1 aliphatic heterocycles. The molecule has 0 bridgehead atoms. The predicted octanol–water partition coefficient (Wildman–Crippen LogP) is 1.81. The number of alkyl halides is 3. The van der Waals surface area contributed by atoms with E-state index in [1.807, 2.05) is 0 Å². The Kier molecular flexibility index (Phi) is 4.11. The quantitative estimate of drug-likeness (QED) is 0.884. The van der Waals surface area contributed by atoms with Crippen LogP contribution in [-0.4, -0.2) is 43.9 Å². The largest absolute Gasteiger partial charge is 0.438 e. The van der Waals surface area contributed by atoms with E-state index in [1.165, 1.54) is 4.68 Å². The molecule has 0 spiro atoms. The number of aromatic nitrogens is 2. The van der Waals surface area contributed by atoms with Crippen LogP contribution in [0.15, 0.2) is 15.8 Å². The van der Waals surface area contributed by atoms with E-state index < -0.39 is 24.2 Å². The summed E-state index contributed by atoms with van der Waals surface area (Å²) >= 11 is 3.24. The smallest absolute Gasteiger partial charge is 0.362 e. The number of halogens is 4. The van der Waals surface area contributed by atoms with Crippen LogP contribution in [0.3, 0.4) is 0 Å². The number of carbonyl (C=O) groups is 1. The first-order valence-electron chi connectivity index (χ1n) is 5.99. The zero-order valence-electron chi connectivity index (χ0n) is 10.9. The summed E-state index contributed by atoms with van der Waals surface area (Å²) in [6.45, 7) is 1.83. The van der Waals surface area contributed by atoms with E-state index in [9.17, 15) is 23.1 Å². The fraction of sp³-hybridized carbons (Fsp3) is 0.545. The number of amides is 1. The summed E-state index contributed by atoms with van der Waals surface area (Å²) in [7, 11) is 0. The molecule has 0 unspecified atom stereocenters. The second kappa shape index (κ2) is 5.41. The highest BCUT2D eigenvalue weighted by molar-refractivity contribution is 9.10. The van der Waals surface area contributed by atoms with Gasteiger partial charge in [-0.2, -0.15) is 28.4 Å². The fourth-order valence-corrected chi connectivity index (χ4v) is 2.18. The Morgan fingerprint density at radius 1 is 1.57 bits per heavy atom. The third kappa shape index (κ3) is 2.95. The molecule has 0 fully saturated rings. The highest BCUT2D eigenvalue weighted by atomic mass is 79.9. The van der Waals surface area contributed by atoms with E-state index in [0.717, 1.165) is 10.7 Å². The van der Waals surface area contributed by atoms with Crippen LogP contribution in [-0.2, 0) is 11.3 Å². The number of hydrogen-bond acceptors (Lipinski definition) is 4. The van der Waals surface area contributed by atoms with Gasteiger partial charge >= 0.3 is 6.18 Å². The highest BCUT2D eigenvalue weighted by Crippen LogP contribution is 2.38. The molecule has 0 saturated heterocycles. The SMILES string of the molecule is Cc1nn(CCC(=O)N2N=CC[C@@]2(O)C(F)(F)F)cc1Br. The molecule has 1 N–H and O–H groups in total. The number of hydrazone groups is 1. The van der Waals surface area contributed by atoms with E-state index in [2.05, 4.69) is 26.1 Å². The van der Waals surface area contributed by atoms with Crippen molar-refractivity contribution in [1.82, 2.24) is 14.8 Å². The van der Waals surface area contributed by atoms with E-state index in [-0.39, 0.29) is 18.0 Å². The van der Waals surface area contributed by atoms with Crippen molar-refractivity contribution in [2.45, 2.75) is 38.2 Å². The van der Waals surface area contributed by atoms with E-state index >= 15 is 0 Å². The maximum atomic E-state index is 12.8. The number of nitrogens with zero attached hydrogens (tertiary/aromatic N) is 4. The van der Waals surface area contributed by atoms with Crippen LogP contribution >= 0.6 is 15.9 Å². The van der Waals surface area contributed by atoms with E-state index in [4.69, 9.17) is 0 Å². The van der Waals surface area contributed by atoms with Crippen LogP contribution in [0.5, 0.6) is 0 Å². The molecule has 1 aromatic rings. The molecule has 0 aromatic carbocycles. The van der Waals surface area contributed by atoms with Crippen LogP contribution in [0, 0.1) is 6.92 Å². The van der Waals surface area contributed by atoms with Crippen molar-refractivity contribution in [2.75, 3.05) is 0 Å². The lowest BCUT2D eigenvalue weighted by molar-refractivity contribution is -0.302. The van der Waals surface area contributed by atoms with Gasteiger partial charge in [0.15, 0.2) is 0 Å². The molecule has 2 rings (SSSR count). The van der Waals surface area contributed by atoms with Crippen molar-refractivity contribution in [1.29, 1.82) is 0 Å². The van der Waals surface area contributed by atoms with Crippen molar-refractivity contribution in [3.05, 3.63) is 16.4 Å². The summed E-state index contributed by atoms with van der Waals surface area (Å²) < 4.78 is 40.7. The topological polar surface area (TPSA) is 70.7 Å². The van der Waals surface area contributed by atoms with Crippen LogP contribution in [0.2, 0.25) is 0 Å². The first-order valence-corrected chi connectivity index (χ1v) is 6.78. The standard InChI is InChI=1S/C11H12BrF3N4O2/c1-7-8(12)6-18(17-7)5-2-9(20)19-10(21,3-4-16-19)11(13,14)15/h4,6,21H,2-3,5H2,1H3/t10-/m1/s1. The zero-order chi connectivity index (χ0) is 15.8. The number of hydrogen-bond donors (Lipinski definition) is 1. The van der Waals surface area contributed by atoms with Gasteiger partial charge in [-0.05, 0) is 22.9 Å². The van der Waals surface area contributed by atoms with Gasteiger partial charge in [0, 0.05) is 31.8 Å². The van der Waals surface area contributed by atoms with Gasteiger partial charge < -0.3 is 5.11 Å². The normalized spacial score (nSPS) is 22.1. The second-order valence-electron chi connectivity index (χ2n) is 4.60. The molecule has 2 heterocycles. The third-order valence-corrected chi connectivity index (χ3v) is 3.83. The second-order valence-corrected chi connectivity index (χ2v) is 5.45. The van der Waals surface area contributed by atoms with Crippen LogP contribution in [0.4, 0.5) is 13.2 Å². The maximum Gasteiger partial charge on any atom is 0.438 e. The first kappa shape index (κ1) is 16.0. The van der Waals surface area contributed by atoms with Crippen molar-refractivity contribution in [3.8, 4) is 0 Å². The third-order valence-electron chi connectivity index (χ3n) is 3.05. The van der Waals surface area contributed by atoms with Gasteiger partial charge in [0.05, 0.1) is 10.2 Å². The monoisotopic (exact) mass is 368 g/mol. The summed E-state index contributed by atoms with van der Waals surface area (Å²) in [4.78, 5) is 11.9. The molecule has 1 atom stereocenters. The minimum absolute atomic E-state index is 0.0885. The Balaban J connectivity index is 2.04. The van der Waals surface area contributed by atoms with Crippen molar-refractivity contribution >= 4 is 28.1 Å². The Labute approximate surface area is 126 Å². The van der Waals surface area contributed by atoms with Gasteiger partial charge in [-0.25, -0.2) is 0 Å². The summed E-state index contributed by atoms with van der Waals surface area (Å²) in [6, 6.07) is 0. The number of aliphatic hydroxyl groups is 1. The first-order chi connectivity index (χ1) is 9.65. The van der Waals surface area contributed by atoms with Crippen LogP contribution < -0.4 is 0 Å². The van der Waals surface area contributed by atoms with Gasteiger partial charge in [-0.15, -0.1) is 0 Å². The number of carbonyl (C=O) groups excluding carboxylic acids is 1. The lowest BCUT2D eigenvalue weighted by Gasteiger charge is -2.32. The maximum absolute atomic E-state index is 12.8. The van der Waals surface area contributed by atoms with Gasteiger partial charge in [0.25, 0.3) is 5.72 Å². The minimum atomic E-state index is -4.97. The summed E-state index contributed by atoms with van der Waals surface area (Å²) in [5.74, 6) is -0.923. The van der Waals surface area contributed by atoms with E-state index in [0.29, 0.717) is 5.69 Å². The molecule has 1 aliphatic rings. The molecule has 0 radical (unpaired) electrons. The summed E-state index contributed by atoms with van der Waals surface area (Å²) in [6.07, 6.45) is -3.51. The summed E-state index contributed by atoms with van der Waals surface area (Å²) in [5, 5.41) is 17.1.